The van der Waals surface area contributed by atoms with Crippen molar-refractivity contribution in [3.05, 3.63) is 35.4 Å². The molecule has 0 bridgehead atoms. The average Bonchev–Trinajstić information content (AvgIpc) is 2.45. The van der Waals surface area contributed by atoms with E-state index in [-0.39, 0.29) is 0 Å². The molecule has 2 nitrogen and oxygen atoms in total. The molecule has 0 radical (unpaired) electrons. The van der Waals surface area contributed by atoms with Gasteiger partial charge in [0, 0.05) is 25.2 Å². The fourth-order valence-corrected chi connectivity index (χ4v) is 3.29. The number of hydrogen-bond acceptors (Lipinski definition) is 2. The van der Waals surface area contributed by atoms with Crippen LogP contribution in [0.5, 0.6) is 0 Å². The van der Waals surface area contributed by atoms with Crippen molar-refractivity contribution in [1.29, 1.82) is 0 Å². The van der Waals surface area contributed by atoms with Gasteiger partial charge < -0.3 is 5.32 Å². The Balaban J connectivity index is 1.97. The van der Waals surface area contributed by atoms with E-state index in [2.05, 4.69) is 62.2 Å². The maximum absolute atomic E-state index is 3.72. The standard InChI is InChI=1S/C18H30N2/c1-5-11-19-18-10-12-20(16(4)15(18)3)13-17-9-7-6-8-14(17)2/h6-9,15-16,18-19H,5,10-13H2,1-4H3. The predicted octanol–water partition coefficient (Wildman–Crippen LogP) is 3.59. The highest BCUT2D eigenvalue weighted by atomic mass is 15.2. The summed E-state index contributed by atoms with van der Waals surface area (Å²) in [7, 11) is 0. The van der Waals surface area contributed by atoms with Crippen molar-refractivity contribution >= 4 is 0 Å². The molecule has 0 amide bonds. The molecule has 2 rings (SSSR count). The molecule has 3 atom stereocenters. The molecular formula is C18H30N2. The topological polar surface area (TPSA) is 15.3 Å². The van der Waals surface area contributed by atoms with E-state index < -0.39 is 0 Å². The first kappa shape index (κ1) is 15.5. The summed E-state index contributed by atoms with van der Waals surface area (Å²) in [6, 6.07) is 10.1. The molecule has 0 saturated carbocycles. The van der Waals surface area contributed by atoms with Gasteiger partial charge in [-0.2, -0.15) is 0 Å². The molecule has 1 aliphatic rings. The van der Waals surface area contributed by atoms with E-state index in [9.17, 15) is 0 Å². The minimum Gasteiger partial charge on any atom is -0.314 e. The van der Waals surface area contributed by atoms with Gasteiger partial charge >= 0.3 is 0 Å². The van der Waals surface area contributed by atoms with Crippen LogP contribution in [0.1, 0.15) is 44.7 Å². The van der Waals surface area contributed by atoms with E-state index in [0.29, 0.717) is 12.1 Å². The first-order valence-corrected chi connectivity index (χ1v) is 8.15. The van der Waals surface area contributed by atoms with Gasteiger partial charge in [-0.05, 0) is 50.3 Å². The lowest BCUT2D eigenvalue weighted by Gasteiger charge is -2.43. The Hall–Kier alpha value is -0.860. The Bertz CT molecular complexity index is 416. The van der Waals surface area contributed by atoms with Gasteiger partial charge in [0.15, 0.2) is 0 Å². The predicted molar refractivity (Wildman–Crippen MR) is 86.9 cm³/mol. The average molecular weight is 274 g/mol. The van der Waals surface area contributed by atoms with Gasteiger partial charge in [0.25, 0.3) is 0 Å². The second kappa shape index (κ2) is 7.24. The number of nitrogens with one attached hydrogen (secondary N) is 1. The highest BCUT2D eigenvalue weighted by Gasteiger charge is 2.31. The number of rotatable bonds is 5. The fraction of sp³-hybridized carbons (Fsp3) is 0.667. The Kier molecular flexibility index (Phi) is 5.62. The molecule has 0 spiro atoms. The summed E-state index contributed by atoms with van der Waals surface area (Å²) in [6.45, 7) is 12.7. The molecule has 1 heterocycles. The zero-order valence-corrected chi connectivity index (χ0v) is 13.5. The first-order chi connectivity index (χ1) is 9.63. The van der Waals surface area contributed by atoms with Crippen molar-refractivity contribution < 1.29 is 0 Å². The lowest BCUT2D eigenvalue weighted by atomic mass is 9.86. The zero-order chi connectivity index (χ0) is 14.5. The monoisotopic (exact) mass is 274 g/mol. The third kappa shape index (κ3) is 3.62. The van der Waals surface area contributed by atoms with Crippen molar-refractivity contribution in [2.75, 3.05) is 13.1 Å². The lowest BCUT2D eigenvalue weighted by molar-refractivity contribution is 0.0783. The quantitative estimate of drug-likeness (QED) is 0.882. The molecule has 0 aromatic heterocycles. The van der Waals surface area contributed by atoms with Crippen molar-refractivity contribution in [2.24, 2.45) is 5.92 Å². The molecule has 1 aromatic carbocycles. The molecule has 1 fully saturated rings. The Morgan fingerprint density at radius 3 is 2.70 bits per heavy atom. The van der Waals surface area contributed by atoms with Crippen LogP contribution in [0.2, 0.25) is 0 Å². The lowest BCUT2D eigenvalue weighted by Crippen LogP contribution is -2.53. The van der Waals surface area contributed by atoms with Crippen molar-refractivity contribution in [2.45, 2.75) is 59.2 Å². The van der Waals surface area contributed by atoms with Gasteiger partial charge in [-0.15, -0.1) is 0 Å². The van der Waals surface area contributed by atoms with E-state index in [1.807, 2.05) is 0 Å². The number of benzene rings is 1. The van der Waals surface area contributed by atoms with Crippen LogP contribution in [0.3, 0.4) is 0 Å². The first-order valence-electron chi connectivity index (χ1n) is 8.15. The van der Waals surface area contributed by atoms with Crippen LogP contribution >= 0.6 is 0 Å². The highest BCUT2D eigenvalue weighted by Crippen LogP contribution is 2.25. The second-order valence-corrected chi connectivity index (χ2v) is 6.35. The minimum atomic E-state index is 0.651. The summed E-state index contributed by atoms with van der Waals surface area (Å²) in [6.07, 6.45) is 2.50. The smallest absolute Gasteiger partial charge is 0.0239 e. The largest absolute Gasteiger partial charge is 0.314 e. The fourth-order valence-electron chi connectivity index (χ4n) is 3.29. The zero-order valence-electron chi connectivity index (χ0n) is 13.5. The summed E-state index contributed by atoms with van der Waals surface area (Å²) >= 11 is 0. The normalized spacial score (nSPS) is 27.7. The van der Waals surface area contributed by atoms with E-state index in [4.69, 9.17) is 0 Å². The number of piperidine rings is 1. The number of aryl methyl sites for hydroxylation is 1. The molecule has 0 aliphatic carbocycles. The van der Waals surface area contributed by atoms with Crippen LogP contribution in [0.15, 0.2) is 24.3 Å². The molecule has 20 heavy (non-hydrogen) atoms. The minimum absolute atomic E-state index is 0.651. The summed E-state index contributed by atoms with van der Waals surface area (Å²) in [4.78, 5) is 2.65. The SMILES string of the molecule is CCCNC1CCN(Cc2ccccc2C)C(C)C1C. The molecule has 1 aliphatic heterocycles. The number of hydrogen-bond donors (Lipinski definition) is 1. The van der Waals surface area contributed by atoms with Crippen LogP contribution in [0.4, 0.5) is 0 Å². The highest BCUT2D eigenvalue weighted by molar-refractivity contribution is 5.25. The van der Waals surface area contributed by atoms with E-state index in [1.54, 1.807) is 0 Å². The van der Waals surface area contributed by atoms with Crippen LogP contribution in [-0.4, -0.2) is 30.1 Å². The molecule has 1 saturated heterocycles. The van der Waals surface area contributed by atoms with Crippen molar-refractivity contribution in [3.8, 4) is 0 Å². The maximum atomic E-state index is 3.72. The summed E-state index contributed by atoms with van der Waals surface area (Å²) in [5.41, 5.74) is 2.89. The van der Waals surface area contributed by atoms with Gasteiger partial charge in [-0.25, -0.2) is 0 Å². The van der Waals surface area contributed by atoms with E-state index >= 15 is 0 Å². The van der Waals surface area contributed by atoms with Gasteiger partial charge in [-0.1, -0.05) is 38.1 Å². The van der Waals surface area contributed by atoms with Gasteiger partial charge in [0.05, 0.1) is 0 Å². The molecule has 2 heteroatoms. The van der Waals surface area contributed by atoms with Crippen LogP contribution in [0, 0.1) is 12.8 Å². The molecular weight excluding hydrogens is 244 g/mol. The van der Waals surface area contributed by atoms with E-state index in [0.717, 1.165) is 19.0 Å². The van der Waals surface area contributed by atoms with Gasteiger partial charge in [-0.3, -0.25) is 4.90 Å². The molecule has 1 aromatic rings. The third-order valence-electron chi connectivity index (χ3n) is 4.99. The molecule has 1 N–H and O–H groups in total. The Labute approximate surface area is 124 Å². The van der Waals surface area contributed by atoms with E-state index in [1.165, 1.54) is 30.5 Å². The second-order valence-electron chi connectivity index (χ2n) is 6.35. The molecule has 112 valence electrons. The molecule has 3 unspecified atom stereocenters. The Morgan fingerprint density at radius 1 is 1.25 bits per heavy atom. The number of nitrogens with zero attached hydrogens (tertiary/aromatic N) is 1. The number of likely N-dealkylation sites (tertiary alicyclic amines) is 1. The maximum Gasteiger partial charge on any atom is 0.0239 e. The van der Waals surface area contributed by atoms with Gasteiger partial charge in [0.1, 0.15) is 0 Å². The Morgan fingerprint density at radius 2 is 2.00 bits per heavy atom. The van der Waals surface area contributed by atoms with Crippen LogP contribution < -0.4 is 5.32 Å². The summed E-state index contributed by atoms with van der Waals surface area (Å²) < 4.78 is 0. The van der Waals surface area contributed by atoms with Crippen molar-refractivity contribution in [3.63, 3.8) is 0 Å². The van der Waals surface area contributed by atoms with Crippen LogP contribution in [0.25, 0.3) is 0 Å². The van der Waals surface area contributed by atoms with Crippen molar-refractivity contribution in [1.82, 2.24) is 10.2 Å². The third-order valence-corrected chi connectivity index (χ3v) is 4.99. The summed E-state index contributed by atoms with van der Waals surface area (Å²) in [5.74, 6) is 0.722. The summed E-state index contributed by atoms with van der Waals surface area (Å²) in [5, 5.41) is 3.72. The van der Waals surface area contributed by atoms with Crippen LogP contribution in [-0.2, 0) is 6.54 Å². The van der Waals surface area contributed by atoms with Gasteiger partial charge in [0.2, 0.25) is 0 Å².